The molecule has 0 N–H and O–H groups in total. The smallest absolute Gasteiger partial charge is 0.227 e. The molecule has 146 valence electrons. The molecule has 0 spiro atoms. The van der Waals surface area contributed by atoms with E-state index in [0.717, 1.165) is 18.4 Å². The molecule has 1 aromatic rings. The van der Waals surface area contributed by atoms with E-state index in [4.69, 9.17) is 0 Å². The van der Waals surface area contributed by atoms with Gasteiger partial charge in [-0.1, -0.05) is 12.1 Å². The second kappa shape index (κ2) is 7.61. The molecule has 27 heavy (non-hydrogen) atoms. The average Bonchev–Trinajstić information content (AvgIpc) is 3.58. The number of benzene rings is 1. The Morgan fingerprint density at radius 2 is 1.74 bits per heavy atom. The number of halogens is 1. The van der Waals surface area contributed by atoms with Crippen LogP contribution in [0.3, 0.4) is 0 Å². The van der Waals surface area contributed by atoms with E-state index in [9.17, 15) is 14.0 Å². The van der Waals surface area contributed by atoms with Crippen molar-refractivity contribution in [3.05, 3.63) is 35.6 Å². The molecule has 1 heterocycles. The van der Waals surface area contributed by atoms with Crippen molar-refractivity contribution in [3.63, 3.8) is 0 Å². The zero-order valence-corrected chi connectivity index (χ0v) is 16.1. The highest BCUT2D eigenvalue weighted by Crippen LogP contribution is 2.47. The van der Waals surface area contributed by atoms with Gasteiger partial charge in [0.15, 0.2) is 0 Å². The van der Waals surface area contributed by atoms with Crippen LogP contribution in [0.4, 0.5) is 4.39 Å². The molecule has 0 aromatic heterocycles. The number of likely N-dealkylation sites (tertiary alicyclic amines) is 1. The minimum Gasteiger partial charge on any atom is -0.342 e. The predicted molar refractivity (Wildman–Crippen MR) is 101 cm³/mol. The third-order valence-electron chi connectivity index (χ3n) is 6.40. The molecule has 1 saturated heterocycles. The summed E-state index contributed by atoms with van der Waals surface area (Å²) in [5.74, 6) is 1.28. The Kier molecular flexibility index (Phi) is 5.20. The van der Waals surface area contributed by atoms with Crippen LogP contribution in [0.15, 0.2) is 24.3 Å². The fourth-order valence-electron chi connectivity index (χ4n) is 4.62. The monoisotopic (exact) mass is 372 g/mol. The molecule has 4 rings (SSSR count). The summed E-state index contributed by atoms with van der Waals surface area (Å²) in [7, 11) is 1.98. The van der Waals surface area contributed by atoms with Crippen LogP contribution in [0.25, 0.3) is 0 Å². The summed E-state index contributed by atoms with van der Waals surface area (Å²) in [6.45, 7) is 1.23. The highest BCUT2D eigenvalue weighted by Gasteiger charge is 2.46. The molecular formula is C22H29FN2O2. The lowest BCUT2D eigenvalue weighted by Crippen LogP contribution is -2.49. The van der Waals surface area contributed by atoms with Gasteiger partial charge in [0.25, 0.3) is 0 Å². The first-order chi connectivity index (χ1) is 13.0. The van der Waals surface area contributed by atoms with E-state index < -0.39 is 0 Å². The maximum Gasteiger partial charge on any atom is 0.227 e. The van der Waals surface area contributed by atoms with Gasteiger partial charge in [-0.25, -0.2) is 4.39 Å². The first-order valence-electron chi connectivity index (χ1n) is 10.3. The highest BCUT2D eigenvalue weighted by atomic mass is 19.1. The zero-order chi connectivity index (χ0) is 19.0. The van der Waals surface area contributed by atoms with E-state index in [0.29, 0.717) is 31.0 Å². The predicted octanol–water partition coefficient (Wildman–Crippen LogP) is 3.25. The maximum absolute atomic E-state index is 13.1. The summed E-state index contributed by atoms with van der Waals surface area (Å²) < 4.78 is 13.0. The molecule has 1 atom stereocenters. The van der Waals surface area contributed by atoms with Crippen molar-refractivity contribution in [2.75, 3.05) is 20.1 Å². The Morgan fingerprint density at radius 1 is 1.11 bits per heavy atom. The fourth-order valence-corrected chi connectivity index (χ4v) is 4.62. The lowest BCUT2D eigenvalue weighted by molar-refractivity contribution is -0.142. The molecule has 5 heteroatoms. The van der Waals surface area contributed by atoms with E-state index in [1.807, 2.05) is 16.8 Å². The zero-order valence-electron chi connectivity index (χ0n) is 16.1. The van der Waals surface area contributed by atoms with E-state index in [-0.39, 0.29) is 30.0 Å². The quantitative estimate of drug-likeness (QED) is 0.769. The number of piperidine rings is 1. The van der Waals surface area contributed by atoms with Crippen molar-refractivity contribution in [1.82, 2.24) is 9.80 Å². The van der Waals surface area contributed by atoms with Crippen molar-refractivity contribution < 1.29 is 14.0 Å². The molecule has 0 radical (unpaired) electrons. The summed E-state index contributed by atoms with van der Waals surface area (Å²) in [5.41, 5.74) is 0.814. The second-order valence-corrected chi connectivity index (χ2v) is 8.60. The minimum atomic E-state index is -0.293. The van der Waals surface area contributed by atoms with E-state index in [1.54, 1.807) is 12.1 Å². The molecule has 3 aliphatic rings. The molecule has 0 bridgehead atoms. The van der Waals surface area contributed by atoms with E-state index >= 15 is 0 Å². The Bertz CT molecular complexity index is 685. The van der Waals surface area contributed by atoms with Gasteiger partial charge in [-0.15, -0.1) is 0 Å². The Balaban J connectivity index is 1.36. The van der Waals surface area contributed by atoms with Crippen LogP contribution < -0.4 is 0 Å². The number of rotatable bonds is 6. The third kappa shape index (κ3) is 4.33. The van der Waals surface area contributed by atoms with Crippen molar-refractivity contribution >= 4 is 11.8 Å². The van der Waals surface area contributed by atoms with Crippen LogP contribution in [0.1, 0.15) is 44.1 Å². The van der Waals surface area contributed by atoms with Crippen LogP contribution in [-0.4, -0.2) is 47.8 Å². The Morgan fingerprint density at radius 3 is 2.33 bits per heavy atom. The fraction of sp³-hybridized carbons (Fsp3) is 0.636. The Labute approximate surface area is 160 Å². The number of amides is 2. The topological polar surface area (TPSA) is 40.6 Å². The molecule has 1 aliphatic heterocycles. The summed E-state index contributed by atoms with van der Waals surface area (Å²) in [6.07, 6.45) is 7.03. The highest BCUT2D eigenvalue weighted by molar-refractivity contribution is 5.82. The summed E-state index contributed by atoms with van der Waals surface area (Å²) in [6, 6.07) is 6.50. The van der Waals surface area contributed by atoms with E-state index in [1.165, 1.54) is 37.8 Å². The van der Waals surface area contributed by atoms with Gasteiger partial charge < -0.3 is 9.80 Å². The first-order valence-corrected chi connectivity index (χ1v) is 10.3. The lowest BCUT2D eigenvalue weighted by Gasteiger charge is -2.37. The van der Waals surface area contributed by atoms with Crippen LogP contribution in [-0.2, 0) is 16.0 Å². The van der Waals surface area contributed by atoms with Gasteiger partial charge in [-0.3, -0.25) is 9.59 Å². The van der Waals surface area contributed by atoms with Gasteiger partial charge in [0.05, 0.1) is 12.3 Å². The number of carbonyl (C=O) groups excluding carboxylic acids is 2. The van der Waals surface area contributed by atoms with Gasteiger partial charge >= 0.3 is 0 Å². The van der Waals surface area contributed by atoms with Crippen molar-refractivity contribution in [2.24, 2.45) is 17.8 Å². The van der Waals surface area contributed by atoms with Crippen LogP contribution in [0, 0.1) is 23.6 Å². The second-order valence-electron chi connectivity index (χ2n) is 8.60. The molecule has 1 aromatic carbocycles. The molecule has 3 fully saturated rings. The molecule has 2 amide bonds. The standard InChI is InChI=1S/C22H29FN2O2/c1-24(21(16-6-7-16)17-8-9-17)22(27)18-3-2-12-25(14-18)20(26)13-15-4-10-19(23)11-5-15/h4-5,10-11,16-18,21H,2-3,6-9,12-14H2,1H3. The number of carbonyl (C=O) groups is 2. The van der Waals surface area contributed by atoms with Crippen LogP contribution in [0.2, 0.25) is 0 Å². The normalized spacial score (nSPS) is 22.8. The number of hydrogen-bond donors (Lipinski definition) is 0. The largest absolute Gasteiger partial charge is 0.342 e. The first kappa shape index (κ1) is 18.5. The molecular weight excluding hydrogens is 343 g/mol. The van der Waals surface area contributed by atoms with Crippen LogP contribution in [0.5, 0.6) is 0 Å². The summed E-state index contributed by atoms with van der Waals surface area (Å²) >= 11 is 0. The molecule has 2 saturated carbocycles. The minimum absolute atomic E-state index is 0.0303. The van der Waals surface area contributed by atoms with Crippen molar-refractivity contribution in [1.29, 1.82) is 0 Å². The van der Waals surface area contributed by atoms with Gasteiger partial charge in [-0.05, 0) is 68.1 Å². The van der Waals surface area contributed by atoms with Gasteiger partial charge in [0, 0.05) is 26.2 Å². The number of nitrogens with zero attached hydrogens (tertiary/aromatic N) is 2. The third-order valence-corrected chi connectivity index (χ3v) is 6.40. The van der Waals surface area contributed by atoms with Crippen molar-refractivity contribution in [3.8, 4) is 0 Å². The average molecular weight is 372 g/mol. The summed E-state index contributed by atoms with van der Waals surface area (Å²) in [5, 5.41) is 0. The maximum atomic E-state index is 13.1. The van der Waals surface area contributed by atoms with Crippen LogP contribution >= 0.6 is 0 Å². The van der Waals surface area contributed by atoms with E-state index in [2.05, 4.69) is 0 Å². The number of hydrogen-bond acceptors (Lipinski definition) is 2. The summed E-state index contributed by atoms with van der Waals surface area (Å²) in [4.78, 5) is 29.6. The molecule has 4 nitrogen and oxygen atoms in total. The SMILES string of the molecule is CN(C(=O)C1CCCN(C(=O)Cc2ccc(F)cc2)C1)C(C1CC1)C1CC1. The lowest BCUT2D eigenvalue weighted by atomic mass is 9.94. The van der Waals surface area contributed by atoms with Gasteiger partial charge in [0.2, 0.25) is 11.8 Å². The molecule has 2 aliphatic carbocycles. The molecule has 1 unspecified atom stereocenters. The van der Waals surface area contributed by atoms with Crippen molar-refractivity contribution in [2.45, 2.75) is 51.0 Å². The van der Waals surface area contributed by atoms with Gasteiger partial charge in [0.1, 0.15) is 5.82 Å². The van der Waals surface area contributed by atoms with Gasteiger partial charge in [-0.2, -0.15) is 0 Å². The Hall–Kier alpha value is -1.91.